The molecular formula is C20H20ClN3O3. The Hall–Kier alpha value is -2.86. The van der Waals surface area contributed by atoms with Gasteiger partial charge in [-0.1, -0.05) is 42.8 Å². The number of hydrogen-bond donors (Lipinski definition) is 1. The molecule has 6 nitrogen and oxygen atoms in total. The van der Waals surface area contributed by atoms with Gasteiger partial charge in [0.15, 0.2) is 0 Å². The zero-order valence-electron chi connectivity index (χ0n) is 15.1. The van der Waals surface area contributed by atoms with E-state index in [2.05, 4.69) is 5.32 Å². The standard InChI is InChI=1S/C20H20ClN3O3/c1-3-12-22-18(25)13(2)23-16-10-6-4-8-14(16)19(26)24(20(23)27)17-11-7-5-9-15(17)21/h4-11,13H,3,12H2,1-2H3,(H,22,25). The first-order valence-corrected chi connectivity index (χ1v) is 9.14. The number of carbonyl (C=O) groups excluding carboxylic acids is 1. The van der Waals surface area contributed by atoms with Crippen molar-refractivity contribution in [3.8, 4) is 5.69 Å². The van der Waals surface area contributed by atoms with Gasteiger partial charge < -0.3 is 5.32 Å². The first-order chi connectivity index (χ1) is 13.0. The van der Waals surface area contributed by atoms with E-state index in [1.807, 2.05) is 6.92 Å². The van der Waals surface area contributed by atoms with E-state index in [9.17, 15) is 14.4 Å². The van der Waals surface area contributed by atoms with Crippen LogP contribution in [0.1, 0.15) is 26.3 Å². The van der Waals surface area contributed by atoms with Crippen molar-refractivity contribution in [2.45, 2.75) is 26.3 Å². The van der Waals surface area contributed by atoms with E-state index in [0.29, 0.717) is 17.4 Å². The summed E-state index contributed by atoms with van der Waals surface area (Å²) in [5.41, 5.74) is -0.378. The largest absolute Gasteiger partial charge is 0.354 e. The molecule has 0 saturated carbocycles. The minimum Gasteiger partial charge on any atom is -0.354 e. The Morgan fingerprint density at radius 2 is 1.78 bits per heavy atom. The van der Waals surface area contributed by atoms with E-state index >= 15 is 0 Å². The predicted molar refractivity (Wildman–Crippen MR) is 107 cm³/mol. The van der Waals surface area contributed by atoms with E-state index < -0.39 is 17.3 Å². The molecule has 0 bridgehead atoms. The summed E-state index contributed by atoms with van der Waals surface area (Å²) in [4.78, 5) is 38.8. The Bertz CT molecular complexity index is 1120. The number of halogens is 1. The fourth-order valence-corrected chi connectivity index (χ4v) is 3.24. The number of fused-ring (bicyclic) bond motifs is 1. The summed E-state index contributed by atoms with van der Waals surface area (Å²) in [5.74, 6) is -0.284. The van der Waals surface area contributed by atoms with Crippen molar-refractivity contribution in [2.24, 2.45) is 0 Å². The summed E-state index contributed by atoms with van der Waals surface area (Å²) in [6.45, 7) is 4.10. The second-order valence-corrected chi connectivity index (χ2v) is 6.64. The molecule has 3 rings (SSSR count). The van der Waals surface area contributed by atoms with Crippen LogP contribution in [0.5, 0.6) is 0 Å². The summed E-state index contributed by atoms with van der Waals surface area (Å²) in [7, 11) is 0. The molecule has 1 aromatic heterocycles. The van der Waals surface area contributed by atoms with Crippen LogP contribution in [0.3, 0.4) is 0 Å². The van der Waals surface area contributed by atoms with Gasteiger partial charge in [0.2, 0.25) is 5.91 Å². The highest BCUT2D eigenvalue weighted by Crippen LogP contribution is 2.19. The third-order valence-electron chi connectivity index (χ3n) is 4.40. The molecule has 2 aromatic carbocycles. The number of nitrogens with one attached hydrogen (secondary N) is 1. The second-order valence-electron chi connectivity index (χ2n) is 6.23. The van der Waals surface area contributed by atoms with E-state index in [1.165, 1.54) is 4.57 Å². The molecule has 1 heterocycles. The van der Waals surface area contributed by atoms with Gasteiger partial charge in [0.25, 0.3) is 5.56 Å². The summed E-state index contributed by atoms with van der Waals surface area (Å²) in [5, 5.41) is 3.41. The molecule has 1 atom stereocenters. The SMILES string of the molecule is CCCNC(=O)C(C)n1c(=O)n(-c2ccccc2Cl)c(=O)c2ccccc21. The Labute approximate surface area is 161 Å². The number of rotatable bonds is 5. The molecule has 0 radical (unpaired) electrons. The van der Waals surface area contributed by atoms with Crippen LogP contribution in [0.2, 0.25) is 5.02 Å². The maximum absolute atomic E-state index is 13.3. The lowest BCUT2D eigenvalue weighted by Crippen LogP contribution is -2.43. The van der Waals surface area contributed by atoms with Gasteiger partial charge in [-0.25, -0.2) is 9.36 Å². The molecule has 1 amide bonds. The zero-order chi connectivity index (χ0) is 19.6. The molecule has 7 heteroatoms. The van der Waals surface area contributed by atoms with Crippen LogP contribution in [0, 0.1) is 0 Å². The quantitative estimate of drug-likeness (QED) is 0.734. The van der Waals surface area contributed by atoms with E-state index in [4.69, 9.17) is 11.6 Å². The molecule has 0 saturated heterocycles. The first kappa shape index (κ1) is 18.9. The highest BCUT2D eigenvalue weighted by molar-refractivity contribution is 6.32. The highest BCUT2D eigenvalue weighted by Gasteiger charge is 2.22. The monoisotopic (exact) mass is 385 g/mol. The molecule has 0 aliphatic heterocycles. The van der Waals surface area contributed by atoms with Crippen LogP contribution in [-0.4, -0.2) is 21.6 Å². The van der Waals surface area contributed by atoms with Crippen molar-refractivity contribution in [1.29, 1.82) is 0 Å². The van der Waals surface area contributed by atoms with Gasteiger partial charge >= 0.3 is 5.69 Å². The maximum Gasteiger partial charge on any atom is 0.336 e. The molecule has 27 heavy (non-hydrogen) atoms. The summed E-state index contributed by atoms with van der Waals surface area (Å²) in [6, 6.07) is 12.6. The molecule has 140 valence electrons. The van der Waals surface area contributed by atoms with Crippen LogP contribution in [0.15, 0.2) is 58.1 Å². The lowest BCUT2D eigenvalue weighted by molar-refractivity contribution is -0.123. The molecule has 0 aliphatic rings. The van der Waals surface area contributed by atoms with Crippen LogP contribution in [0.25, 0.3) is 16.6 Å². The van der Waals surface area contributed by atoms with Gasteiger partial charge in [-0.3, -0.25) is 14.2 Å². The number of carbonyl (C=O) groups is 1. The average molecular weight is 386 g/mol. The summed E-state index contributed by atoms with van der Waals surface area (Å²) >= 11 is 6.23. The third-order valence-corrected chi connectivity index (χ3v) is 4.72. The van der Waals surface area contributed by atoms with Gasteiger partial charge in [0.05, 0.1) is 21.6 Å². The van der Waals surface area contributed by atoms with Gasteiger partial charge in [-0.05, 0) is 37.6 Å². The van der Waals surface area contributed by atoms with Gasteiger partial charge in [-0.2, -0.15) is 0 Å². The molecular weight excluding hydrogens is 366 g/mol. The Morgan fingerprint density at radius 1 is 1.11 bits per heavy atom. The minimum atomic E-state index is -0.789. The van der Waals surface area contributed by atoms with E-state index in [0.717, 1.165) is 11.0 Å². The fourth-order valence-electron chi connectivity index (χ4n) is 3.02. The van der Waals surface area contributed by atoms with Crippen molar-refractivity contribution in [3.05, 3.63) is 74.4 Å². The smallest absolute Gasteiger partial charge is 0.336 e. The summed E-state index contributed by atoms with van der Waals surface area (Å²) in [6.07, 6.45) is 0.785. The van der Waals surface area contributed by atoms with Gasteiger partial charge in [-0.15, -0.1) is 0 Å². The Kier molecular flexibility index (Phi) is 5.46. The first-order valence-electron chi connectivity index (χ1n) is 8.76. The molecule has 1 unspecified atom stereocenters. The number of benzene rings is 2. The molecule has 0 aliphatic carbocycles. The summed E-state index contributed by atoms with van der Waals surface area (Å²) < 4.78 is 2.36. The highest BCUT2D eigenvalue weighted by atomic mass is 35.5. The Balaban J connectivity index is 2.34. The average Bonchev–Trinajstić information content (AvgIpc) is 2.67. The number of nitrogens with zero attached hydrogens (tertiary/aromatic N) is 2. The topological polar surface area (TPSA) is 73.1 Å². The van der Waals surface area contributed by atoms with Crippen LogP contribution < -0.4 is 16.6 Å². The molecule has 3 aromatic rings. The fraction of sp³-hybridized carbons (Fsp3) is 0.250. The van der Waals surface area contributed by atoms with Crippen molar-refractivity contribution < 1.29 is 4.79 Å². The lowest BCUT2D eigenvalue weighted by atomic mass is 10.2. The number of amides is 1. The Morgan fingerprint density at radius 3 is 2.48 bits per heavy atom. The zero-order valence-corrected chi connectivity index (χ0v) is 15.9. The van der Waals surface area contributed by atoms with Crippen LogP contribution in [0.4, 0.5) is 0 Å². The van der Waals surface area contributed by atoms with Crippen LogP contribution >= 0.6 is 11.6 Å². The normalized spacial score (nSPS) is 12.1. The molecule has 1 N–H and O–H groups in total. The lowest BCUT2D eigenvalue weighted by Gasteiger charge is -2.19. The van der Waals surface area contributed by atoms with E-state index in [-0.39, 0.29) is 16.6 Å². The van der Waals surface area contributed by atoms with Crippen molar-refractivity contribution >= 4 is 28.4 Å². The van der Waals surface area contributed by atoms with Crippen molar-refractivity contribution in [2.75, 3.05) is 6.54 Å². The second kappa shape index (κ2) is 7.80. The molecule has 0 fully saturated rings. The van der Waals surface area contributed by atoms with Crippen molar-refractivity contribution in [3.63, 3.8) is 0 Å². The van der Waals surface area contributed by atoms with Crippen molar-refractivity contribution in [1.82, 2.24) is 14.5 Å². The van der Waals surface area contributed by atoms with Crippen LogP contribution in [-0.2, 0) is 4.79 Å². The minimum absolute atomic E-state index is 0.279. The van der Waals surface area contributed by atoms with E-state index in [1.54, 1.807) is 55.5 Å². The third kappa shape index (κ3) is 3.40. The number of para-hydroxylation sites is 2. The number of aromatic nitrogens is 2. The van der Waals surface area contributed by atoms with Gasteiger partial charge in [0.1, 0.15) is 6.04 Å². The molecule has 0 spiro atoms. The maximum atomic E-state index is 13.3. The van der Waals surface area contributed by atoms with Gasteiger partial charge in [0, 0.05) is 6.54 Å². The predicted octanol–water partition coefficient (Wildman–Crippen LogP) is 2.89. The number of hydrogen-bond acceptors (Lipinski definition) is 3.